The van der Waals surface area contributed by atoms with E-state index in [0.29, 0.717) is 12.5 Å². The fourth-order valence-electron chi connectivity index (χ4n) is 3.83. The summed E-state index contributed by atoms with van der Waals surface area (Å²) in [6.07, 6.45) is 5.66. The molecule has 0 aromatic carbocycles. The number of rotatable bonds is 4. The van der Waals surface area contributed by atoms with Gasteiger partial charge in [0.05, 0.1) is 25.7 Å². The topological polar surface area (TPSA) is 42.0 Å². The Morgan fingerprint density at radius 1 is 0.955 bits per heavy atom. The zero-order chi connectivity index (χ0) is 15.2. The van der Waals surface area contributed by atoms with E-state index in [4.69, 9.17) is 9.47 Å². The Morgan fingerprint density at radius 3 is 2.41 bits per heavy atom. The van der Waals surface area contributed by atoms with Crippen LogP contribution in [0.4, 0.5) is 0 Å². The number of ether oxygens (including phenoxy) is 2. The molecule has 0 bridgehead atoms. The Balaban J connectivity index is 1.35. The van der Waals surface area contributed by atoms with Crippen LogP contribution in [0.5, 0.6) is 0 Å². The zero-order valence-corrected chi connectivity index (χ0v) is 13.7. The van der Waals surface area contributed by atoms with Crippen LogP contribution in [-0.2, 0) is 14.3 Å². The summed E-state index contributed by atoms with van der Waals surface area (Å²) in [6, 6.07) is 0. The third kappa shape index (κ3) is 4.43. The average molecular weight is 310 g/mol. The molecule has 22 heavy (non-hydrogen) atoms. The molecule has 0 aliphatic carbocycles. The van der Waals surface area contributed by atoms with Gasteiger partial charge in [-0.1, -0.05) is 0 Å². The molecule has 0 saturated carbocycles. The Kier molecular flexibility index (Phi) is 6.10. The van der Waals surface area contributed by atoms with E-state index in [1.165, 1.54) is 25.8 Å². The summed E-state index contributed by atoms with van der Waals surface area (Å²) in [6.45, 7) is 8.48. The van der Waals surface area contributed by atoms with E-state index in [0.717, 1.165) is 64.8 Å². The van der Waals surface area contributed by atoms with Gasteiger partial charge in [0.1, 0.15) is 0 Å². The van der Waals surface area contributed by atoms with Crippen molar-refractivity contribution in [2.24, 2.45) is 11.8 Å². The molecule has 3 aliphatic rings. The molecular weight excluding hydrogens is 280 g/mol. The highest BCUT2D eigenvalue weighted by Crippen LogP contribution is 2.24. The predicted molar refractivity (Wildman–Crippen MR) is 84.7 cm³/mol. The van der Waals surface area contributed by atoms with Crippen LogP contribution in [0.2, 0.25) is 0 Å². The quantitative estimate of drug-likeness (QED) is 0.786. The molecule has 5 nitrogen and oxygen atoms in total. The average Bonchev–Trinajstić information content (AvgIpc) is 2.61. The lowest BCUT2D eigenvalue weighted by Crippen LogP contribution is -2.44. The number of piperidine rings is 1. The summed E-state index contributed by atoms with van der Waals surface area (Å²) in [5.74, 6) is 1.25. The number of morpholine rings is 1. The predicted octanol–water partition coefficient (Wildman–Crippen LogP) is 1.37. The Labute approximate surface area is 133 Å². The second-order valence-corrected chi connectivity index (χ2v) is 6.93. The molecule has 3 rings (SSSR count). The maximum absolute atomic E-state index is 12.5. The summed E-state index contributed by atoms with van der Waals surface area (Å²) < 4.78 is 10.9. The van der Waals surface area contributed by atoms with Crippen molar-refractivity contribution in [1.82, 2.24) is 9.80 Å². The first kappa shape index (κ1) is 16.2. The minimum absolute atomic E-state index is 0.124. The van der Waals surface area contributed by atoms with E-state index in [1.807, 2.05) is 0 Å². The lowest BCUT2D eigenvalue weighted by molar-refractivity contribution is -0.141. The van der Waals surface area contributed by atoms with Gasteiger partial charge in [-0.25, -0.2) is 0 Å². The molecule has 5 heteroatoms. The molecule has 3 fully saturated rings. The van der Waals surface area contributed by atoms with Gasteiger partial charge in [-0.2, -0.15) is 0 Å². The highest BCUT2D eigenvalue weighted by molar-refractivity contribution is 5.79. The molecule has 3 aliphatic heterocycles. The molecule has 0 N–H and O–H groups in total. The van der Waals surface area contributed by atoms with Crippen molar-refractivity contribution >= 4 is 5.91 Å². The van der Waals surface area contributed by atoms with Gasteiger partial charge in [0.2, 0.25) is 5.91 Å². The number of hydrogen-bond donors (Lipinski definition) is 0. The van der Waals surface area contributed by atoms with Crippen molar-refractivity contribution in [3.05, 3.63) is 0 Å². The first-order chi connectivity index (χ1) is 10.8. The van der Waals surface area contributed by atoms with Gasteiger partial charge in [-0.15, -0.1) is 0 Å². The fourth-order valence-corrected chi connectivity index (χ4v) is 3.83. The van der Waals surface area contributed by atoms with Crippen molar-refractivity contribution < 1.29 is 14.3 Å². The summed E-state index contributed by atoms with van der Waals surface area (Å²) in [5.41, 5.74) is 0. The number of nitrogens with zero attached hydrogens (tertiary/aromatic N) is 2. The van der Waals surface area contributed by atoms with Gasteiger partial charge in [-0.05, 0) is 44.6 Å². The van der Waals surface area contributed by atoms with E-state index in [2.05, 4.69) is 9.80 Å². The Hall–Kier alpha value is -0.650. The third-order valence-corrected chi connectivity index (χ3v) is 5.39. The van der Waals surface area contributed by atoms with Crippen LogP contribution in [0.3, 0.4) is 0 Å². The van der Waals surface area contributed by atoms with Gasteiger partial charge < -0.3 is 14.4 Å². The molecule has 126 valence electrons. The Bertz CT molecular complexity index is 344. The minimum atomic E-state index is 0.124. The molecular formula is C17H30N2O3. The highest BCUT2D eigenvalue weighted by atomic mass is 16.5. The number of carbonyl (C=O) groups is 1. The Morgan fingerprint density at radius 2 is 1.73 bits per heavy atom. The largest absolute Gasteiger partial charge is 0.381 e. The zero-order valence-electron chi connectivity index (χ0n) is 13.7. The monoisotopic (exact) mass is 310 g/mol. The molecule has 3 saturated heterocycles. The third-order valence-electron chi connectivity index (χ3n) is 5.39. The minimum Gasteiger partial charge on any atom is -0.381 e. The molecule has 0 spiro atoms. The number of likely N-dealkylation sites (tertiary alicyclic amines) is 1. The smallest absolute Gasteiger partial charge is 0.228 e. The van der Waals surface area contributed by atoms with Crippen LogP contribution in [0, 0.1) is 11.8 Å². The number of amides is 1. The molecule has 3 heterocycles. The molecule has 1 unspecified atom stereocenters. The van der Waals surface area contributed by atoms with Crippen molar-refractivity contribution in [3.63, 3.8) is 0 Å². The standard InChI is InChI=1S/C17H30N2O3/c20-17(16-2-1-11-22-14-16)19-7-4-15(5-8-19)3-6-18-9-12-21-13-10-18/h15-16H,1-14H2. The molecule has 1 atom stereocenters. The van der Waals surface area contributed by atoms with Crippen molar-refractivity contribution in [2.75, 3.05) is 59.2 Å². The highest BCUT2D eigenvalue weighted by Gasteiger charge is 2.29. The second kappa shape index (κ2) is 8.27. The molecule has 0 aromatic heterocycles. The normalized spacial score (nSPS) is 28.7. The van der Waals surface area contributed by atoms with Gasteiger partial charge in [-0.3, -0.25) is 9.69 Å². The van der Waals surface area contributed by atoms with E-state index in [-0.39, 0.29) is 5.92 Å². The van der Waals surface area contributed by atoms with Crippen molar-refractivity contribution in [2.45, 2.75) is 32.1 Å². The van der Waals surface area contributed by atoms with Crippen LogP contribution < -0.4 is 0 Å². The van der Waals surface area contributed by atoms with E-state index in [9.17, 15) is 4.79 Å². The van der Waals surface area contributed by atoms with Crippen LogP contribution >= 0.6 is 0 Å². The van der Waals surface area contributed by atoms with Crippen LogP contribution in [0.15, 0.2) is 0 Å². The maximum Gasteiger partial charge on any atom is 0.228 e. The number of carbonyl (C=O) groups excluding carboxylic acids is 1. The van der Waals surface area contributed by atoms with Gasteiger partial charge >= 0.3 is 0 Å². The number of hydrogen-bond acceptors (Lipinski definition) is 4. The fraction of sp³-hybridized carbons (Fsp3) is 0.941. The first-order valence-electron chi connectivity index (χ1n) is 8.99. The van der Waals surface area contributed by atoms with Crippen LogP contribution in [0.25, 0.3) is 0 Å². The summed E-state index contributed by atoms with van der Waals surface area (Å²) in [4.78, 5) is 17.1. The lowest BCUT2D eigenvalue weighted by atomic mass is 9.91. The lowest BCUT2D eigenvalue weighted by Gasteiger charge is -2.36. The molecule has 0 radical (unpaired) electrons. The maximum atomic E-state index is 12.5. The van der Waals surface area contributed by atoms with Crippen molar-refractivity contribution in [1.29, 1.82) is 0 Å². The van der Waals surface area contributed by atoms with E-state index >= 15 is 0 Å². The van der Waals surface area contributed by atoms with Gasteiger partial charge in [0.15, 0.2) is 0 Å². The second-order valence-electron chi connectivity index (χ2n) is 6.93. The van der Waals surface area contributed by atoms with Gasteiger partial charge in [0, 0.05) is 32.8 Å². The molecule has 0 aromatic rings. The van der Waals surface area contributed by atoms with E-state index < -0.39 is 0 Å². The van der Waals surface area contributed by atoms with Crippen LogP contribution in [-0.4, -0.2) is 74.9 Å². The SMILES string of the molecule is O=C(C1CCCOC1)N1CCC(CCN2CCOCC2)CC1. The van der Waals surface area contributed by atoms with Crippen LogP contribution in [0.1, 0.15) is 32.1 Å². The summed E-state index contributed by atoms with van der Waals surface area (Å²) >= 11 is 0. The molecule has 1 amide bonds. The van der Waals surface area contributed by atoms with Crippen molar-refractivity contribution in [3.8, 4) is 0 Å². The first-order valence-corrected chi connectivity index (χ1v) is 8.99. The summed E-state index contributed by atoms with van der Waals surface area (Å²) in [7, 11) is 0. The van der Waals surface area contributed by atoms with E-state index in [1.54, 1.807) is 0 Å². The summed E-state index contributed by atoms with van der Waals surface area (Å²) in [5, 5.41) is 0. The van der Waals surface area contributed by atoms with Gasteiger partial charge in [0.25, 0.3) is 0 Å².